The standard InChI is InChI=1S/C22H17N3O2S5.2C2H6.CH3S3.CH4S/c1-32(31-30-29-28)27-17-12-13-18(19(26)14-17)22-24-20(15-8-4-2-5-9-15)23-21(25-22)16-10-6-3-7-11-16;2*1-2;1-4(2)3;1-2/h2-14,26H,1H3;2*1-2H3;1H3;2H,1H3/q;;;-1;. The van der Waals surface area contributed by atoms with E-state index in [2.05, 4.69) is 50.0 Å². The van der Waals surface area contributed by atoms with Crippen LogP contribution in [0.2, 0.25) is 0 Å². The van der Waals surface area contributed by atoms with Gasteiger partial charge in [-0.05, 0) is 56.2 Å². The summed E-state index contributed by atoms with van der Waals surface area (Å²) in [6.45, 7) is 8.00. The van der Waals surface area contributed by atoms with Gasteiger partial charge < -0.3 is 17.3 Å². The SMILES string of the molecule is CC.CC.CS.CS(Oc1ccc(-c2nc(-c3ccccc3)nc(-c3ccccc3)n2)c(O)c1)=S=S=S=S.C[S-](=S)=S. The van der Waals surface area contributed by atoms with Gasteiger partial charge in [-0.3, -0.25) is 22.4 Å². The van der Waals surface area contributed by atoms with Crippen LogP contribution >= 0.6 is 12.6 Å². The molecule has 0 saturated heterocycles. The van der Waals surface area contributed by atoms with Crippen molar-refractivity contribution < 1.29 is 9.29 Å². The normalized spacial score (nSPS) is 9.93. The first kappa shape index (κ1) is 40.6. The Morgan fingerprint density at radius 3 is 1.62 bits per heavy atom. The minimum absolute atomic E-state index is 0.0408. The van der Waals surface area contributed by atoms with Crippen LogP contribution in [0, 0.1) is 0 Å². The van der Waals surface area contributed by atoms with E-state index < -0.39 is 9.74 Å². The van der Waals surface area contributed by atoms with Gasteiger partial charge in [-0.1, -0.05) is 88.4 Å². The molecule has 1 unspecified atom stereocenters. The monoisotopic (exact) mass is 734 g/mol. The molecule has 4 rings (SSSR count). The molecule has 0 aliphatic carbocycles. The molecule has 5 nitrogen and oxygen atoms in total. The summed E-state index contributed by atoms with van der Waals surface area (Å²) in [5.74, 6) is 2.09. The maximum Gasteiger partial charge on any atom is 0.167 e. The molecule has 0 radical (unpaired) electrons. The molecule has 14 heteroatoms. The van der Waals surface area contributed by atoms with E-state index >= 15 is 0 Å². The zero-order chi connectivity index (χ0) is 31.9. The number of rotatable bonds is 5. The van der Waals surface area contributed by atoms with E-state index in [0.717, 1.165) is 11.1 Å². The third-order valence-corrected chi connectivity index (χ3v) is 11.8. The van der Waals surface area contributed by atoms with Crippen LogP contribution in [0.5, 0.6) is 11.5 Å². The van der Waals surface area contributed by atoms with Gasteiger partial charge in [-0.15, -0.1) is 6.26 Å². The van der Waals surface area contributed by atoms with Gasteiger partial charge in [0.1, 0.15) is 11.5 Å². The van der Waals surface area contributed by atoms with Crippen LogP contribution in [0.15, 0.2) is 78.9 Å². The highest BCUT2D eigenvalue weighted by atomic mass is 33.3. The average Bonchev–Trinajstić information content (AvgIpc) is 3.03. The van der Waals surface area contributed by atoms with Crippen molar-refractivity contribution in [3.63, 3.8) is 0 Å². The second-order valence-electron chi connectivity index (χ2n) is 6.81. The molecule has 0 bridgehead atoms. The summed E-state index contributed by atoms with van der Waals surface area (Å²) in [5, 5.41) is 10.7. The first-order chi connectivity index (χ1) is 20.4. The molecule has 42 heavy (non-hydrogen) atoms. The van der Waals surface area contributed by atoms with Gasteiger partial charge in [0, 0.05) is 23.4 Å². The number of nitrogens with zero attached hydrogens (tertiary/aromatic N) is 3. The first-order valence-corrected chi connectivity index (χ1v) is 23.4. The highest BCUT2D eigenvalue weighted by Crippen LogP contribution is 2.32. The molecule has 1 N–H and O–H groups in total. The van der Waals surface area contributed by atoms with E-state index in [9.17, 15) is 5.11 Å². The first-order valence-electron chi connectivity index (χ1n) is 12.5. The lowest BCUT2D eigenvalue weighted by atomic mass is 10.1. The van der Waals surface area contributed by atoms with Crippen LogP contribution in [0.25, 0.3) is 34.2 Å². The van der Waals surface area contributed by atoms with Crippen molar-refractivity contribution in [1.82, 2.24) is 15.0 Å². The summed E-state index contributed by atoms with van der Waals surface area (Å²) in [4.78, 5) is 14.0. The van der Waals surface area contributed by atoms with E-state index in [4.69, 9.17) is 15.4 Å². The number of hydrogen-bond acceptors (Lipinski definition) is 10. The van der Waals surface area contributed by atoms with Gasteiger partial charge >= 0.3 is 0 Å². The Morgan fingerprint density at radius 2 is 1.21 bits per heavy atom. The van der Waals surface area contributed by atoms with Crippen molar-refractivity contribution in [2.75, 3.05) is 18.8 Å². The molecule has 4 aromatic rings. The quantitative estimate of drug-likeness (QED) is 0.163. The number of phenolic OH excluding ortho intramolecular Hbond substituents is 1. The van der Waals surface area contributed by atoms with Crippen molar-refractivity contribution in [2.45, 2.75) is 27.7 Å². The summed E-state index contributed by atoms with van der Waals surface area (Å²) >= 11 is 17.3. The Hall–Kier alpha value is -1.36. The van der Waals surface area contributed by atoms with Crippen LogP contribution in [0.3, 0.4) is 0 Å². The maximum atomic E-state index is 10.7. The number of hydrogen-bond donors (Lipinski definition) is 2. The number of benzene rings is 3. The molecular weight excluding hydrogens is 699 g/mol. The summed E-state index contributed by atoms with van der Waals surface area (Å²) in [5.41, 5.74) is 2.25. The molecule has 1 atom stereocenters. The topological polar surface area (TPSA) is 68.1 Å². The van der Waals surface area contributed by atoms with Gasteiger partial charge in [0.2, 0.25) is 0 Å². The molecule has 230 valence electrons. The molecule has 0 aliphatic heterocycles. The van der Waals surface area contributed by atoms with Gasteiger partial charge in [0.25, 0.3) is 0 Å². The van der Waals surface area contributed by atoms with Gasteiger partial charge in [-0.2, -0.15) is 12.6 Å². The Labute approximate surface area is 283 Å². The summed E-state index contributed by atoms with van der Waals surface area (Å²) in [7, 11) is 3.70. The predicted octanol–water partition coefficient (Wildman–Crippen LogP) is 7.33. The summed E-state index contributed by atoms with van der Waals surface area (Å²) < 4.78 is 5.87. The summed E-state index contributed by atoms with van der Waals surface area (Å²) in [6, 6.07) is 24.6. The van der Waals surface area contributed by atoms with Crippen LogP contribution in [0.4, 0.5) is 0 Å². The van der Waals surface area contributed by atoms with Crippen molar-refractivity contribution in [3.8, 4) is 45.7 Å². The van der Waals surface area contributed by atoms with E-state index in [1.54, 1.807) is 33.3 Å². The van der Waals surface area contributed by atoms with Crippen LogP contribution in [-0.4, -0.2) is 38.8 Å². The second kappa shape index (κ2) is 25.0. The highest BCUT2D eigenvalue weighted by molar-refractivity contribution is 8.63. The Morgan fingerprint density at radius 1 is 0.786 bits per heavy atom. The predicted molar refractivity (Wildman–Crippen MR) is 207 cm³/mol. The van der Waals surface area contributed by atoms with Crippen LogP contribution in [-0.2, 0) is 78.0 Å². The molecule has 1 heterocycles. The molecular formula is C28H36N3O2S9-. The van der Waals surface area contributed by atoms with Gasteiger partial charge in [-0.25, -0.2) is 15.0 Å². The van der Waals surface area contributed by atoms with Crippen molar-refractivity contribution >= 4 is 90.6 Å². The fourth-order valence-electron chi connectivity index (χ4n) is 2.88. The smallest absolute Gasteiger partial charge is 0.167 e. The van der Waals surface area contributed by atoms with E-state index in [1.807, 2.05) is 101 Å². The minimum Gasteiger partial charge on any atom is -0.507 e. The van der Waals surface area contributed by atoms with Crippen LogP contribution < -0.4 is 4.18 Å². The number of phenols is 1. The maximum absolute atomic E-state index is 10.7. The molecule has 1 aromatic heterocycles. The van der Waals surface area contributed by atoms with E-state index in [-0.39, 0.29) is 13.8 Å². The van der Waals surface area contributed by atoms with Gasteiger partial charge in [0.15, 0.2) is 17.5 Å². The van der Waals surface area contributed by atoms with Gasteiger partial charge in [0.05, 0.1) is 15.3 Å². The molecule has 0 aliphatic rings. The minimum atomic E-state index is -0.398. The third kappa shape index (κ3) is 15.4. The Bertz CT molecular complexity index is 1500. The van der Waals surface area contributed by atoms with Crippen molar-refractivity contribution in [2.24, 2.45) is 0 Å². The Balaban J connectivity index is 0.00000150. The molecule has 0 saturated carbocycles. The number of aromatic hydroxyl groups is 1. The molecule has 3 aromatic carbocycles. The lowest BCUT2D eigenvalue weighted by molar-refractivity contribution is 0.473. The van der Waals surface area contributed by atoms with Crippen LogP contribution in [0.1, 0.15) is 27.7 Å². The Kier molecular flexibility index (Phi) is 24.2. The highest BCUT2D eigenvalue weighted by Gasteiger charge is 2.15. The molecule has 0 spiro atoms. The van der Waals surface area contributed by atoms with Crippen molar-refractivity contribution in [1.29, 1.82) is 0 Å². The molecule has 0 fully saturated rings. The average molecular weight is 735 g/mol. The lowest BCUT2D eigenvalue weighted by Crippen LogP contribution is -2.01. The number of thiol groups is 1. The third-order valence-electron chi connectivity index (χ3n) is 4.27. The largest absolute Gasteiger partial charge is 0.507 e. The summed E-state index contributed by atoms with van der Waals surface area (Å²) in [6.07, 6.45) is 5.48. The zero-order valence-corrected chi connectivity index (χ0v) is 31.8. The number of aromatic nitrogens is 3. The fraction of sp³-hybridized carbons (Fsp3) is 0.250. The van der Waals surface area contributed by atoms with E-state index in [0.29, 0.717) is 28.8 Å². The second-order valence-corrected chi connectivity index (χ2v) is 18.9. The molecule has 0 amide bonds. The zero-order valence-electron chi connectivity index (χ0n) is 24.4. The lowest BCUT2D eigenvalue weighted by Gasteiger charge is -2.10. The fourth-order valence-corrected chi connectivity index (χ4v) is 9.73. The van der Waals surface area contributed by atoms with E-state index in [1.165, 1.54) is 17.8 Å². The van der Waals surface area contributed by atoms with Crippen molar-refractivity contribution in [3.05, 3.63) is 78.9 Å².